The molecule has 0 aromatic rings. The average molecular weight is 212 g/mol. The van der Waals surface area contributed by atoms with Crippen molar-refractivity contribution in [2.45, 2.75) is 74.7 Å². The Morgan fingerprint density at radius 1 is 0.733 bits per heavy atom. The molecule has 0 aromatic heterocycles. The fraction of sp³-hybridized carbons (Fsp3) is 1.00. The molecule has 0 heteroatoms. The van der Waals surface area contributed by atoms with Crippen LogP contribution in [0, 0.1) is 22.7 Å². The molecule has 0 amide bonds. The van der Waals surface area contributed by atoms with Crippen LogP contribution < -0.4 is 0 Å². The van der Waals surface area contributed by atoms with Gasteiger partial charge in [-0.15, -0.1) is 0 Å². The van der Waals surface area contributed by atoms with Gasteiger partial charge in [0.15, 0.2) is 0 Å². The number of hydrogen-bond acceptors (Lipinski definition) is 0. The van der Waals surface area contributed by atoms with E-state index in [1.165, 1.54) is 19.3 Å². The molecule has 15 heavy (non-hydrogen) atoms. The minimum atomic E-state index is 0.474. The van der Waals surface area contributed by atoms with Gasteiger partial charge in [-0.05, 0) is 29.1 Å². The first-order valence-electron chi connectivity index (χ1n) is 6.67. The van der Waals surface area contributed by atoms with Crippen LogP contribution in [-0.2, 0) is 0 Å². The van der Waals surface area contributed by atoms with Crippen LogP contribution in [0.4, 0.5) is 0 Å². The molecule has 0 bridgehead atoms. The lowest BCUT2D eigenvalue weighted by atomic mass is 9.64. The lowest BCUT2D eigenvalue weighted by Crippen LogP contribution is -2.32. The van der Waals surface area contributed by atoms with Crippen LogP contribution in [0.3, 0.4) is 0 Å². The molecular formula is C15H32. The zero-order valence-corrected chi connectivity index (χ0v) is 12.3. The zero-order chi connectivity index (χ0) is 12.3. The summed E-state index contributed by atoms with van der Waals surface area (Å²) in [5.74, 6) is 1.64. The maximum atomic E-state index is 2.44. The van der Waals surface area contributed by atoms with Crippen molar-refractivity contribution in [2.75, 3.05) is 0 Å². The van der Waals surface area contributed by atoms with Crippen LogP contribution >= 0.6 is 0 Å². The molecule has 0 aliphatic heterocycles. The van der Waals surface area contributed by atoms with Gasteiger partial charge in [0, 0.05) is 0 Å². The third-order valence-electron chi connectivity index (χ3n) is 4.80. The van der Waals surface area contributed by atoms with Gasteiger partial charge in [-0.2, -0.15) is 0 Å². The molecule has 0 saturated carbocycles. The van der Waals surface area contributed by atoms with Crippen molar-refractivity contribution in [3.63, 3.8) is 0 Å². The largest absolute Gasteiger partial charge is 0.0651 e. The Morgan fingerprint density at radius 3 is 1.20 bits per heavy atom. The fourth-order valence-electron chi connectivity index (χ4n) is 2.63. The molecule has 0 nitrogen and oxygen atoms in total. The van der Waals surface area contributed by atoms with Crippen molar-refractivity contribution in [1.29, 1.82) is 0 Å². The second kappa shape index (κ2) is 5.37. The van der Waals surface area contributed by atoms with E-state index in [2.05, 4.69) is 55.4 Å². The van der Waals surface area contributed by atoms with Crippen molar-refractivity contribution < 1.29 is 0 Å². The molecule has 0 spiro atoms. The Kier molecular flexibility index (Phi) is 5.37. The Balaban J connectivity index is 4.56. The highest BCUT2D eigenvalue weighted by atomic mass is 14.4. The lowest BCUT2D eigenvalue weighted by molar-refractivity contribution is 0.0853. The summed E-state index contributed by atoms with van der Waals surface area (Å²) in [4.78, 5) is 0. The predicted molar refractivity (Wildman–Crippen MR) is 71.1 cm³/mol. The van der Waals surface area contributed by atoms with Crippen molar-refractivity contribution in [3.8, 4) is 0 Å². The quantitative estimate of drug-likeness (QED) is 0.543. The average Bonchev–Trinajstić information content (AvgIpc) is 2.13. The van der Waals surface area contributed by atoms with Gasteiger partial charge in [0.25, 0.3) is 0 Å². The van der Waals surface area contributed by atoms with Gasteiger partial charge >= 0.3 is 0 Å². The summed E-state index contributed by atoms with van der Waals surface area (Å²) in [7, 11) is 0. The summed E-state index contributed by atoms with van der Waals surface area (Å²) in [6.45, 7) is 19.2. The molecule has 0 radical (unpaired) electrons. The smallest absolute Gasteiger partial charge is 0.0323 e. The highest BCUT2D eigenvalue weighted by Gasteiger charge is 2.34. The van der Waals surface area contributed by atoms with Crippen LogP contribution in [0.2, 0.25) is 0 Å². The van der Waals surface area contributed by atoms with E-state index >= 15 is 0 Å². The molecule has 0 saturated heterocycles. The third-order valence-corrected chi connectivity index (χ3v) is 4.80. The summed E-state index contributed by atoms with van der Waals surface area (Å²) in [6.07, 6.45) is 3.93. The molecule has 92 valence electrons. The second-order valence-electron chi connectivity index (χ2n) is 6.77. The van der Waals surface area contributed by atoms with Gasteiger partial charge in [-0.25, -0.2) is 0 Å². The second-order valence-corrected chi connectivity index (χ2v) is 6.77. The summed E-state index contributed by atoms with van der Waals surface area (Å²) in [5, 5.41) is 0. The van der Waals surface area contributed by atoms with E-state index in [0.717, 1.165) is 11.8 Å². The van der Waals surface area contributed by atoms with Crippen LogP contribution in [0.25, 0.3) is 0 Å². The molecule has 2 atom stereocenters. The lowest BCUT2D eigenvalue weighted by Gasteiger charge is -2.42. The minimum Gasteiger partial charge on any atom is -0.0651 e. The van der Waals surface area contributed by atoms with Crippen molar-refractivity contribution in [3.05, 3.63) is 0 Å². The monoisotopic (exact) mass is 212 g/mol. The molecule has 0 aliphatic rings. The standard InChI is InChI=1S/C15H32/c1-9-12(3)14(5,6)11-15(7,8)13(4)10-2/h12-13H,9-11H2,1-8H3. The highest BCUT2D eigenvalue weighted by molar-refractivity contribution is 4.84. The van der Waals surface area contributed by atoms with Gasteiger partial charge in [0.1, 0.15) is 0 Å². The molecule has 0 aliphatic carbocycles. The summed E-state index contributed by atoms with van der Waals surface area (Å²) >= 11 is 0. The zero-order valence-electron chi connectivity index (χ0n) is 12.3. The summed E-state index contributed by atoms with van der Waals surface area (Å²) in [5.41, 5.74) is 0.948. The molecule has 0 heterocycles. The van der Waals surface area contributed by atoms with Crippen LogP contribution in [0.15, 0.2) is 0 Å². The number of rotatable bonds is 6. The Hall–Kier alpha value is 0. The first-order valence-corrected chi connectivity index (χ1v) is 6.67. The van der Waals surface area contributed by atoms with Crippen LogP contribution in [0.5, 0.6) is 0 Å². The van der Waals surface area contributed by atoms with Crippen LogP contribution in [0.1, 0.15) is 74.7 Å². The highest BCUT2D eigenvalue weighted by Crippen LogP contribution is 2.44. The van der Waals surface area contributed by atoms with E-state index in [-0.39, 0.29) is 0 Å². The SMILES string of the molecule is CCC(C)C(C)(C)CC(C)(C)C(C)CC. The maximum absolute atomic E-state index is 2.44. The first-order chi connectivity index (χ1) is 6.67. The normalized spacial score (nSPS) is 17.6. The fourth-order valence-corrected chi connectivity index (χ4v) is 2.63. The van der Waals surface area contributed by atoms with Crippen molar-refractivity contribution >= 4 is 0 Å². The van der Waals surface area contributed by atoms with Gasteiger partial charge in [-0.1, -0.05) is 68.2 Å². The Labute approximate surface area is 97.8 Å². The van der Waals surface area contributed by atoms with Gasteiger partial charge in [-0.3, -0.25) is 0 Å². The van der Waals surface area contributed by atoms with E-state index in [0.29, 0.717) is 10.8 Å². The van der Waals surface area contributed by atoms with E-state index in [9.17, 15) is 0 Å². The van der Waals surface area contributed by atoms with Crippen molar-refractivity contribution in [1.82, 2.24) is 0 Å². The van der Waals surface area contributed by atoms with E-state index in [1.807, 2.05) is 0 Å². The Morgan fingerprint density at radius 2 is 1.00 bits per heavy atom. The Bertz CT molecular complexity index is 156. The summed E-state index contributed by atoms with van der Waals surface area (Å²) < 4.78 is 0. The molecular weight excluding hydrogens is 180 g/mol. The van der Waals surface area contributed by atoms with Gasteiger partial charge in [0.05, 0.1) is 0 Å². The van der Waals surface area contributed by atoms with Crippen LogP contribution in [-0.4, -0.2) is 0 Å². The van der Waals surface area contributed by atoms with Gasteiger partial charge < -0.3 is 0 Å². The van der Waals surface area contributed by atoms with Crippen molar-refractivity contribution in [2.24, 2.45) is 22.7 Å². The predicted octanol–water partition coefficient (Wildman–Crippen LogP) is 5.52. The molecule has 0 fully saturated rings. The molecule has 0 N–H and O–H groups in total. The van der Waals surface area contributed by atoms with E-state index in [1.54, 1.807) is 0 Å². The van der Waals surface area contributed by atoms with E-state index < -0.39 is 0 Å². The first kappa shape index (κ1) is 15.0. The maximum Gasteiger partial charge on any atom is -0.0323 e. The molecule has 0 rings (SSSR count). The molecule has 2 unspecified atom stereocenters. The van der Waals surface area contributed by atoms with Gasteiger partial charge in [0.2, 0.25) is 0 Å². The third kappa shape index (κ3) is 4.17. The topological polar surface area (TPSA) is 0 Å². The summed E-state index contributed by atoms with van der Waals surface area (Å²) in [6, 6.07) is 0. The minimum absolute atomic E-state index is 0.474. The number of hydrogen-bond donors (Lipinski definition) is 0. The van der Waals surface area contributed by atoms with E-state index in [4.69, 9.17) is 0 Å². The molecule has 0 aromatic carbocycles.